The molecule has 0 fully saturated rings. The van der Waals surface area contributed by atoms with Gasteiger partial charge in [0.15, 0.2) is 5.82 Å². The SMILES string of the molecule is CC[C@H](c1nnnn1C(C)(C)CC)N(Cc1ccccc1OC)Cc1cc2c(C)ccc(C)c2[nH]c1=O. The lowest BCUT2D eigenvalue weighted by Gasteiger charge is -2.33. The summed E-state index contributed by atoms with van der Waals surface area (Å²) < 4.78 is 7.61. The van der Waals surface area contributed by atoms with E-state index in [0.717, 1.165) is 52.0 Å². The molecule has 4 aromatic rings. The van der Waals surface area contributed by atoms with Crippen LogP contribution in [-0.4, -0.2) is 37.2 Å². The number of benzene rings is 2. The molecule has 2 aromatic heterocycles. The number of nitrogens with zero attached hydrogens (tertiary/aromatic N) is 5. The van der Waals surface area contributed by atoms with Crippen molar-refractivity contribution in [3.8, 4) is 5.75 Å². The van der Waals surface area contributed by atoms with Crippen LogP contribution in [0.1, 0.15) is 74.7 Å². The van der Waals surface area contributed by atoms with Crippen LogP contribution in [-0.2, 0) is 18.6 Å². The number of aromatic amines is 1. The van der Waals surface area contributed by atoms with Gasteiger partial charge in [-0.05, 0) is 74.2 Å². The lowest BCUT2D eigenvalue weighted by atomic mass is 10.0. The molecular formula is C29H38N6O2. The third kappa shape index (κ3) is 5.30. The minimum atomic E-state index is -0.239. The summed E-state index contributed by atoms with van der Waals surface area (Å²) in [6.07, 6.45) is 1.66. The standard InChI is InChI=1S/C29H38N6O2/c1-8-24(27-31-32-33-35(27)29(5,6)9-2)34(17-21-12-10-11-13-25(21)37-7)18-22-16-23-19(3)14-15-20(4)26(23)30-28(22)36/h10-16,24H,8-9,17-18H2,1-7H3,(H,30,36)/t24-/m1/s1. The second-order valence-corrected chi connectivity index (χ2v) is 10.4. The Kier molecular flexibility index (Phi) is 7.78. The van der Waals surface area contributed by atoms with E-state index in [4.69, 9.17) is 4.74 Å². The fourth-order valence-electron chi connectivity index (χ4n) is 4.87. The summed E-state index contributed by atoms with van der Waals surface area (Å²) in [6.45, 7) is 13.7. The van der Waals surface area contributed by atoms with Gasteiger partial charge in [0.1, 0.15) is 5.75 Å². The Bertz CT molecular complexity index is 1440. The van der Waals surface area contributed by atoms with Gasteiger partial charge in [-0.3, -0.25) is 9.69 Å². The van der Waals surface area contributed by atoms with Crippen molar-refractivity contribution in [2.45, 2.75) is 79.1 Å². The van der Waals surface area contributed by atoms with Gasteiger partial charge in [0, 0.05) is 29.6 Å². The maximum atomic E-state index is 13.3. The molecular weight excluding hydrogens is 464 g/mol. The van der Waals surface area contributed by atoms with Gasteiger partial charge in [0.25, 0.3) is 5.56 Å². The molecule has 0 unspecified atom stereocenters. The van der Waals surface area contributed by atoms with Gasteiger partial charge in [-0.25, -0.2) is 4.68 Å². The van der Waals surface area contributed by atoms with Crippen LogP contribution in [0.4, 0.5) is 0 Å². The molecule has 37 heavy (non-hydrogen) atoms. The zero-order chi connectivity index (χ0) is 26.7. The quantitative estimate of drug-likeness (QED) is 0.311. The summed E-state index contributed by atoms with van der Waals surface area (Å²) in [7, 11) is 1.68. The molecule has 0 aliphatic heterocycles. The zero-order valence-electron chi connectivity index (χ0n) is 23.0. The predicted octanol–water partition coefficient (Wildman–Crippen LogP) is 5.44. The highest BCUT2D eigenvalue weighted by Crippen LogP contribution is 2.32. The third-order valence-corrected chi connectivity index (χ3v) is 7.52. The Hall–Kier alpha value is -3.52. The summed E-state index contributed by atoms with van der Waals surface area (Å²) in [5, 5.41) is 14.0. The molecule has 8 nitrogen and oxygen atoms in total. The number of nitrogens with one attached hydrogen (secondary N) is 1. The van der Waals surface area contributed by atoms with Crippen molar-refractivity contribution in [1.82, 2.24) is 30.1 Å². The van der Waals surface area contributed by atoms with Gasteiger partial charge in [-0.2, -0.15) is 0 Å². The first-order valence-electron chi connectivity index (χ1n) is 13.0. The number of methoxy groups -OCH3 is 1. The van der Waals surface area contributed by atoms with E-state index in [9.17, 15) is 4.79 Å². The molecule has 0 bridgehead atoms. The number of aromatic nitrogens is 5. The van der Waals surface area contributed by atoms with E-state index in [2.05, 4.69) is 72.2 Å². The van der Waals surface area contributed by atoms with Gasteiger partial charge in [-0.15, -0.1) is 5.10 Å². The summed E-state index contributed by atoms with van der Waals surface area (Å²) in [4.78, 5) is 18.8. The Morgan fingerprint density at radius 2 is 1.76 bits per heavy atom. The van der Waals surface area contributed by atoms with E-state index in [0.29, 0.717) is 18.7 Å². The van der Waals surface area contributed by atoms with Gasteiger partial charge in [-0.1, -0.05) is 44.2 Å². The number of para-hydroxylation sites is 1. The molecule has 1 N–H and O–H groups in total. The molecule has 1 atom stereocenters. The molecule has 4 rings (SSSR count). The van der Waals surface area contributed by atoms with Crippen LogP contribution in [0.25, 0.3) is 10.9 Å². The van der Waals surface area contributed by atoms with Crippen molar-refractivity contribution in [3.63, 3.8) is 0 Å². The first kappa shape index (κ1) is 26.5. The summed E-state index contributed by atoms with van der Waals surface area (Å²) >= 11 is 0. The molecule has 0 radical (unpaired) electrons. The largest absolute Gasteiger partial charge is 0.496 e. The van der Waals surface area contributed by atoms with E-state index in [1.165, 1.54) is 0 Å². The van der Waals surface area contributed by atoms with Crippen LogP contribution < -0.4 is 10.3 Å². The average molecular weight is 503 g/mol. The Morgan fingerprint density at radius 1 is 1.05 bits per heavy atom. The van der Waals surface area contributed by atoms with Crippen LogP contribution in [0.3, 0.4) is 0 Å². The molecule has 2 aromatic carbocycles. The van der Waals surface area contributed by atoms with E-state index in [1.54, 1.807) is 7.11 Å². The molecule has 2 heterocycles. The van der Waals surface area contributed by atoms with Gasteiger partial charge in [0.05, 0.1) is 24.2 Å². The Morgan fingerprint density at radius 3 is 2.46 bits per heavy atom. The van der Waals surface area contributed by atoms with Crippen LogP contribution in [0.5, 0.6) is 5.75 Å². The minimum absolute atomic E-state index is 0.0745. The maximum Gasteiger partial charge on any atom is 0.252 e. The number of H-pyrrole nitrogens is 1. The average Bonchev–Trinajstić information content (AvgIpc) is 3.38. The predicted molar refractivity (Wildman–Crippen MR) is 147 cm³/mol. The van der Waals surface area contributed by atoms with Crippen LogP contribution in [0, 0.1) is 13.8 Å². The van der Waals surface area contributed by atoms with Gasteiger partial charge < -0.3 is 9.72 Å². The van der Waals surface area contributed by atoms with E-state index in [1.807, 2.05) is 41.9 Å². The number of hydrogen-bond donors (Lipinski definition) is 1. The number of hydrogen-bond acceptors (Lipinski definition) is 6. The van der Waals surface area contributed by atoms with Crippen molar-refractivity contribution in [2.24, 2.45) is 0 Å². The maximum absolute atomic E-state index is 13.3. The molecule has 0 amide bonds. The van der Waals surface area contributed by atoms with Gasteiger partial charge >= 0.3 is 0 Å². The molecule has 0 aliphatic carbocycles. The molecule has 8 heteroatoms. The van der Waals surface area contributed by atoms with E-state index >= 15 is 0 Å². The van der Waals surface area contributed by atoms with Gasteiger partial charge in [0.2, 0.25) is 0 Å². The summed E-state index contributed by atoms with van der Waals surface area (Å²) in [6, 6.07) is 14.1. The van der Waals surface area contributed by atoms with Crippen molar-refractivity contribution >= 4 is 10.9 Å². The first-order chi connectivity index (χ1) is 17.7. The first-order valence-corrected chi connectivity index (χ1v) is 13.0. The van der Waals surface area contributed by atoms with Crippen LogP contribution >= 0.6 is 0 Å². The topological polar surface area (TPSA) is 88.9 Å². The second kappa shape index (κ2) is 10.8. The van der Waals surface area contributed by atoms with E-state index in [-0.39, 0.29) is 17.1 Å². The molecule has 0 aliphatic rings. The van der Waals surface area contributed by atoms with Crippen molar-refractivity contribution in [1.29, 1.82) is 0 Å². The van der Waals surface area contributed by atoms with Crippen LogP contribution in [0.2, 0.25) is 0 Å². The zero-order valence-corrected chi connectivity index (χ0v) is 23.0. The highest BCUT2D eigenvalue weighted by Gasteiger charge is 2.31. The third-order valence-electron chi connectivity index (χ3n) is 7.52. The highest BCUT2D eigenvalue weighted by molar-refractivity contribution is 5.85. The Labute approximate surface area is 218 Å². The molecule has 0 spiro atoms. The summed E-state index contributed by atoms with van der Waals surface area (Å²) in [5.41, 5.74) is 4.53. The fraction of sp³-hybridized carbons (Fsp3) is 0.448. The highest BCUT2D eigenvalue weighted by atomic mass is 16.5. The monoisotopic (exact) mass is 502 g/mol. The number of rotatable bonds is 10. The minimum Gasteiger partial charge on any atom is -0.496 e. The number of tetrazole rings is 1. The second-order valence-electron chi connectivity index (χ2n) is 10.4. The summed E-state index contributed by atoms with van der Waals surface area (Å²) in [5.74, 6) is 1.61. The normalized spacial score (nSPS) is 12.9. The Balaban J connectivity index is 1.83. The van der Waals surface area contributed by atoms with Crippen molar-refractivity contribution in [3.05, 3.63) is 80.9 Å². The molecule has 0 saturated heterocycles. The number of pyridine rings is 1. The number of aryl methyl sites for hydroxylation is 2. The smallest absolute Gasteiger partial charge is 0.252 e. The van der Waals surface area contributed by atoms with Crippen LogP contribution in [0.15, 0.2) is 47.3 Å². The van der Waals surface area contributed by atoms with Crippen molar-refractivity contribution in [2.75, 3.05) is 7.11 Å². The number of fused-ring (bicyclic) bond motifs is 1. The molecule has 0 saturated carbocycles. The molecule has 196 valence electrons. The lowest BCUT2D eigenvalue weighted by molar-refractivity contribution is 0.149. The number of ether oxygens (including phenoxy) is 1. The van der Waals surface area contributed by atoms with Crippen molar-refractivity contribution < 1.29 is 4.74 Å². The fourth-order valence-corrected chi connectivity index (χ4v) is 4.87. The van der Waals surface area contributed by atoms with E-state index < -0.39 is 0 Å². The lowest BCUT2D eigenvalue weighted by Crippen LogP contribution is -2.36.